The molecule has 2 aromatic carbocycles. The second kappa shape index (κ2) is 7.14. The van der Waals surface area contributed by atoms with Crippen LogP contribution in [-0.2, 0) is 10.0 Å². The molecule has 142 valence electrons. The van der Waals surface area contributed by atoms with E-state index in [2.05, 4.69) is 25.0 Å². The van der Waals surface area contributed by atoms with Crippen molar-refractivity contribution in [2.45, 2.75) is 0 Å². The molecule has 0 aliphatic carbocycles. The van der Waals surface area contributed by atoms with Crippen molar-refractivity contribution >= 4 is 49.9 Å². The summed E-state index contributed by atoms with van der Waals surface area (Å²) in [7, 11) is -3.35. The number of hydrogen-bond donors (Lipinski definition) is 3. The van der Waals surface area contributed by atoms with E-state index in [0.29, 0.717) is 22.2 Å². The highest BCUT2D eigenvalue weighted by molar-refractivity contribution is 7.92. The first-order valence-corrected chi connectivity index (χ1v) is 10.6. The lowest BCUT2D eigenvalue weighted by molar-refractivity contribution is 0.607. The van der Waals surface area contributed by atoms with Gasteiger partial charge in [-0.2, -0.15) is 0 Å². The van der Waals surface area contributed by atoms with Crippen LogP contribution in [0.1, 0.15) is 0 Å². The van der Waals surface area contributed by atoms with Gasteiger partial charge >= 0.3 is 0 Å². The molecule has 0 bridgehead atoms. The van der Waals surface area contributed by atoms with E-state index in [-0.39, 0.29) is 0 Å². The Hall–Kier alpha value is -3.10. The number of halogens is 1. The Kier molecular flexibility index (Phi) is 4.66. The molecule has 0 amide bonds. The van der Waals surface area contributed by atoms with Crippen molar-refractivity contribution in [2.24, 2.45) is 0 Å². The molecule has 2 heterocycles. The van der Waals surface area contributed by atoms with Gasteiger partial charge in [-0.25, -0.2) is 18.4 Å². The average Bonchev–Trinajstić information content (AvgIpc) is 3.06. The van der Waals surface area contributed by atoms with E-state index in [0.717, 1.165) is 28.6 Å². The quantitative estimate of drug-likeness (QED) is 0.450. The molecule has 28 heavy (non-hydrogen) atoms. The number of aromatic nitrogens is 3. The van der Waals surface area contributed by atoms with Crippen molar-refractivity contribution in [3.8, 4) is 11.3 Å². The third-order valence-electron chi connectivity index (χ3n) is 3.99. The Morgan fingerprint density at radius 1 is 1.00 bits per heavy atom. The van der Waals surface area contributed by atoms with E-state index in [1.165, 1.54) is 6.33 Å². The molecule has 2 aromatic heterocycles. The predicted molar refractivity (Wildman–Crippen MR) is 113 cm³/mol. The normalized spacial score (nSPS) is 11.5. The summed E-state index contributed by atoms with van der Waals surface area (Å²) in [6.07, 6.45) is 2.59. The molecule has 7 nitrogen and oxygen atoms in total. The van der Waals surface area contributed by atoms with Gasteiger partial charge in [0.2, 0.25) is 10.0 Å². The number of aromatic amines is 1. The Morgan fingerprint density at radius 3 is 2.57 bits per heavy atom. The van der Waals surface area contributed by atoms with Crippen LogP contribution in [0, 0.1) is 0 Å². The third-order valence-corrected chi connectivity index (χ3v) is 4.83. The molecule has 0 saturated carbocycles. The number of nitrogens with zero attached hydrogens (tertiary/aromatic N) is 2. The Labute approximate surface area is 166 Å². The summed E-state index contributed by atoms with van der Waals surface area (Å²) in [5.41, 5.74) is 3.58. The van der Waals surface area contributed by atoms with E-state index < -0.39 is 10.0 Å². The summed E-state index contributed by atoms with van der Waals surface area (Å²) in [6.45, 7) is 0. The van der Waals surface area contributed by atoms with Crippen LogP contribution in [0.15, 0.2) is 60.9 Å². The lowest BCUT2D eigenvalue weighted by Gasteiger charge is -2.06. The van der Waals surface area contributed by atoms with Gasteiger partial charge in [0.1, 0.15) is 17.8 Å². The first-order chi connectivity index (χ1) is 13.4. The zero-order valence-corrected chi connectivity index (χ0v) is 16.3. The highest BCUT2D eigenvalue weighted by atomic mass is 35.5. The fraction of sp³-hybridized carbons (Fsp3) is 0.0526. The minimum atomic E-state index is -3.35. The van der Waals surface area contributed by atoms with Crippen LogP contribution in [0.5, 0.6) is 0 Å². The van der Waals surface area contributed by atoms with Crippen LogP contribution < -0.4 is 10.0 Å². The van der Waals surface area contributed by atoms with Crippen molar-refractivity contribution in [1.82, 2.24) is 15.0 Å². The standard InChI is InChI=1S/C19H16ClN5O2S/c1-28(26,27)25-15-7-2-4-12(8-15)17-10-16-18(21-11-22-19(16)24-17)23-14-6-3-5-13(20)9-14/h2-11,25H,1H3,(H2,21,22,23,24). The highest BCUT2D eigenvalue weighted by Gasteiger charge is 2.11. The summed E-state index contributed by atoms with van der Waals surface area (Å²) in [5, 5.41) is 4.68. The van der Waals surface area contributed by atoms with Crippen molar-refractivity contribution in [1.29, 1.82) is 0 Å². The number of benzene rings is 2. The van der Waals surface area contributed by atoms with Crippen LogP contribution >= 0.6 is 11.6 Å². The second-order valence-corrected chi connectivity index (χ2v) is 8.44. The zero-order chi connectivity index (χ0) is 19.7. The number of fused-ring (bicyclic) bond motifs is 1. The van der Waals surface area contributed by atoms with Gasteiger partial charge in [0.15, 0.2) is 0 Å². The first kappa shape index (κ1) is 18.3. The van der Waals surface area contributed by atoms with Gasteiger partial charge in [0.05, 0.1) is 11.6 Å². The van der Waals surface area contributed by atoms with E-state index >= 15 is 0 Å². The molecule has 0 saturated heterocycles. The summed E-state index contributed by atoms with van der Waals surface area (Å²) in [6, 6.07) is 16.4. The highest BCUT2D eigenvalue weighted by Crippen LogP contribution is 2.30. The summed E-state index contributed by atoms with van der Waals surface area (Å²) in [4.78, 5) is 11.9. The molecule has 9 heteroatoms. The fourth-order valence-electron chi connectivity index (χ4n) is 2.86. The van der Waals surface area contributed by atoms with Gasteiger partial charge in [-0.1, -0.05) is 29.8 Å². The maximum Gasteiger partial charge on any atom is 0.229 e. The van der Waals surface area contributed by atoms with Crippen molar-refractivity contribution in [3.63, 3.8) is 0 Å². The number of anilines is 3. The molecule has 0 spiro atoms. The molecular formula is C19H16ClN5O2S. The van der Waals surface area contributed by atoms with Crippen LogP contribution in [0.4, 0.5) is 17.2 Å². The minimum Gasteiger partial charge on any atom is -0.340 e. The van der Waals surface area contributed by atoms with Crippen LogP contribution in [0.25, 0.3) is 22.3 Å². The maximum absolute atomic E-state index is 11.5. The number of hydrogen-bond acceptors (Lipinski definition) is 5. The summed E-state index contributed by atoms with van der Waals surface area (Å²) in [5.74, 6) is 0.639. The Morgan fingerprint density at radius 2 is 1.79 bits per heavy atom. The number of nitrogens with one attached hydrogen (secondary N) is 3. The molecular weight excluding hydrogens is 398 g/mol. The smallest absolute Gasteiger partial charge is 0.229 e. The van der Waals surface area contributed by atoms with E-state index in [1.54, 1.807) is 24.3 Å². The number of sulfonamides is 1. The first-order valence-electron chi connectivity index (χ1n) is 8.32. The van der Waals surface area contributed by atoms with Crippen molar-refractivity contribution in [3.05, 3.63) is 65.9 Å². The Bertz CT molecular complexity index is 1270. The van der Waals surface area contributed by atoms with E-state index in [4.69, 9.17) is 11.6 Å². The fourth-order valence-corrected chi connectivity index (χ4v) is 3.61. The second-order valence-electron chi connectivity index (χ2n) is 6.26. The SMILES string of the molecule is CS(=O)(=O)Nc1cccc(-c2cc3c(Nc4cccc(Cl)c4)ncnc3[nH]2)c1. The molecule has 0 fully saturated rings. The third kappa shape index (κ3) is 4.08. The van der Waals surface area contributed by atoms with Crippen LogP contribution in [-0.4, -0.2) is 29.6 Å². The van der Waals surface area contributed by atoms with Gasteiger partial charge in [-0.3, -0.25) is 4.72 Å². The zero-order valence-electron chi connectivity index (χ0n) is 14.8. The van der Waals surface area contributed by atoms with Gasteiger partial charge in [0, 0.05) is 27.7 Å². The molecule has 0 atom stereocenters. The van der Waals surface area contributed by atoms with E-state index in [9.17, 15) is 8.42 Å². The lowest BCUT2D eigenvalue weighted by Crippen LogP contribution is -2.09. The predicted octanol–water partition coefficient (Wildman–Crippen LogP) is 4.39. The monoisotopic (exact) mass is 413 g/mol. The number of H-pyrrole nitrogens is 1. The molecule has 0 aliphatic heterocycles. The van der Waals surface area contributed by atoms with Crippen LogP contribution in [0.3, 0.4) is 0 Å². The van der Waals surface area contributed by atoms with Gasteiger partial charge in [-0.05, 0) is 36.4 Å². The molecule has 4 aromatic rings. The van der Waals surface area contributed by atoms with Gasteiger partial charge < -0.3 is 10.3 Å². The molecule has 3 N–H and O–H groups in total. The van der Waals surface area contributed by atoms with Crippen molar-refractivity contribution < 1.29 is 8.42 Å². The van der Waals surface area contributed by atoms with E-state index in [1.807, 2.05) is 30.3 Å². The minimum absolute atomic E-state index is 0.488. The Balaban J connectivity index is 1.72. The molecule has 0 unspecified atom stereocenters. The summed E-state index contributed by atoms with van der Waals surface area (Å²) < 4.78 is 25.4. The molecule has 0 aliphatic rings. The maximum atomic E-state index is 11.5. The van der Waals surface area contributed by atoms with Gasteiger partial charge in [-0.15, -0.1) is 0 Å². The topological polar surface area (TPSA) is 99.8 Å². The molecule has 4 rings (SSSR count). The summed E-state index contributed by atoms with van der Waals surface area (Å²) >= 11 is 6.05. The van der Waals surface area contributed by atoms with Gasteiger partial charge in [0.25, 0.3) is 0 Å². The largest absolute Gasteiger partial charge is 0.340 e. The number of rotatable bonds is 5. The van der Waals surface area contributed by atoms with Crippen molar-refractivity contribution in [2.75, 3.05) is 16.3 Å². The van der Waals surface area contributed by atoms with Crippen LogP contribution in [0.2, 0.25) is 5.02 Å². The lowest BCUT2D eigenvalue weighted by atomic mass is 10.1. The average molecular weight is 414 g/mol. The molecule has 0 radical (unpaired) electrons.